The first kappa shape index (κ1) is 7.56. The van der Waals surface area contributed by atoms with Gasteiger partial charge in [0.2, 0.25) is 0 Å². The Kier molecular flexibility index (Phi) is 1.69. The molecule has 2 bridgehead atoms. The maximum Gasteiger partial charge on any atom is 0.0967 e. The second-order valence-corrected chi connectivity index (χ2v) is 3.59. The average Bonchev–Trinajstić information content (AvgIpc) is 2.58. The molecule has 11 heavy (non-hydrogen) atoms. The van der Waals surface area contributed by atoms with Crippen molar-refractivity contribution in [2.75, 3.05) is 13.2 Å². The summed E-state index contributed by atoms with van der Waals surface area (Å²) >= 11 is 0. The van der Waals surface area contributed by atoms with Crippen LogP contribution in [-0.2, 0) is 9.47 Å². The first-order valence-electron chi connectivity index (χ1n) is 4.58. The predicted molar refractivity (Wildman–Crippen MR) is 42.5 cm³/mol. The molecule has 0 amide bonds. The summed E-state index contributed by atoms with van der Waals surface area (Å²) in [5.74, 6) is 0.660. The van der Waals surface area contributed by atoms with Gasteiger partial charge >= 0.3 is 0 Å². The lowest BCUT2D eigenvalue weighted by Crippen LogP contribution is -2.35. The molecule has 0 aliphatic carbocycles. The lowest BCUT2D eigenvalue weighted by molar-refractivity contribution is -0.0980. The fourth-order valence-corrected chi connectivity index (χ4v) is 2.47. The molecular weight excluding hydrogens is 140 g/mol. The fourth-order valence-electron chi connectivity index (χ4n) is 2.47. The molecule has 2 heterocycles. The van der Waals surface area contributed by atoms with E-state index >= 15 is 0 Å². The molecular formula is C9H16O2. The van der Waals surface area contributed by atoms with E-state index in [1.807, 2.05) is 0 Å². The van der Waals surface area contributed by atoms with Crippen molar-refractivity contribution >= 4 is 0 Å². The highest BCUT2D eigenvalue weighted by Crippen LogP contribution is 2.44. The molecule has 0 unspecified atom stereocenters. The maximum absolute atomic E-state index is 5.77. The van der Waals surface area contributed by atoms with Gasteiger partial charge in [0.25, 0.3) is 0 Å². The zero-order valence-electron chi connectivity index (χ0n) is 7.30. The minimum absolute atomic E-state index is 0.0966. The zero-order chi connectivity index (χ0) is 7.90. The molecule has 0 aromatic carbocycles. The molecule has 2 saturated heterocycles. The molecule has 0 aromatic rings. The summed E-state index contributed by atoms with van der Waals surface area (Å²) in [6, 6.07) is 0. The minimum atomic E-state index is 0.0966. The van der Waals surface area contributed by atoms with E-state index in [0.29, 0.717) is 12.0 Å². The number of ether oxygens (including phenoxy) is 2. The summed E-state index contributed by atoms with van der Waals surface area (Å²) in [4.78, 5) is 0. The highest BCUT2D eigenvalue weighted by atomic mass is 16.6. The molecule has 2 aliphatic heterocycles. The highest BCUT2D eigenvalue weighted by Gasteiger charge is 2.54. The van der Waals surface area contributed by atoms with Gasteiger partial charge in [-0.2, -0.15) is 0 Å². The summed E-state index contributed by atoms with van der Waals surface area (Å²) in [7, 11) is 0. The van der Waals surface area contributed by atoms with E-state index in [9.17, 15) is 0 Å². The Bertz CT molecular complexity index is 148. The average molecular weight is 156 g/mol. The van der Waals surface area contributed by atoms with Crippen LogP contribution in [-0.4, -0.2) is 24.9 Å². The van der Waals surface area contributed by atoms with Gasteiger partial charge in [0, 0.05) is 5.92 Å². The number of hydrogen-bond acceptors (Lipinski definition) is 2. The third kappa shape index (κ3) is 0.859. The van der Waals surface area contributed by atoms with Gasteiger partial charge in [0.1, 0.15) is 0 Å². The summed E-state index contributed by atoms with van der Waals surface area (Å²) in [6.45, 7) is 6.07. The minimum Gasteiger partial charge on any atom is -0.372 e. The van der Waals surface area contributed by atoms with Gasteiger partial charge in [-0.3, -0.25) is 0 Å². The van der Waals surface area contributed by atoms with Crippen LogP contribution in [0.3, 0.4) is 0 Å². The van der Waals surface area contributed by atoms with Gasteiger partial charge < -0.3 is 9.47 Å². The first-order chi connectivity index (χ1) is 5.32. The van der Waals surface area contributed by atoms with E-state index in [0.717, 1.165) is 19.6 Å². The van der Waals surface area contributed by atoms with Crippen LogP contribution in [0.4, 0.5) is 0 Å². The first-order valence-corrected chi connectivity index (χ1v) is 4.58. The largest absolute Gasteiger partial charge is 0.372 e. The lowest BCUT2D eigenvalue weighted by Gasteiger charge is -2.27. The molecule has 0 aromatic heterocycles. The van der Waals surface area contributed by atoms with Crippen molar-refractivity contribution in [3.63, 3.8) is 0 Å². The van der Waals surface area contributed by atoms with Crippen molar-refractivity contribution in [2.24, 2.45) is 5.92 Å². The van der Waals surface area contributed by atoms with E-state index in [4.69, 9.17) is 9.47 Å². The van der Waals surface area contributed by atoms with Crippen molar-refractivity contribution in [3.05, 3.63) is 0 Å². The van der Waals surface area contributed by atoms with Crippen LogP contribution in [0.2, 0.25) is 0 Å². The molecule has 2 heteroatoms. The zero-order valence-corrected chi connectivity index (χ0v) is 7.30. The second kappa shape index (κ2) is 2.46. The summed E-state index contributed by atoms with van der Waals surface area (Å²) in [6.07, 6.45) is 2.69. The fraction of sp³-hybridized carbons (Fsp3) is 1.00. The maximum atomic E-state index is 5.77. The molecule has 2 nitrogen and oxygen atoms in total. The molecule has 2 rings (SSSR count). The van der Waals surface area contributed by atoms with E-state index in [-0.39, 0.29) is 5.60 Å². The van der Waals surface area contributed by atoms with Crippen LogP contribution in [0.15, 0.2) is 0 Å². The van der Waals surface area contributed by atoms with E-state index in [2.05, 4.69) is 13.8 Å². The van der Waals surface area contributed by atoms with Gasteiger partial charge in [-0.1, -0.05) is 13.8 Å². The van der Waals surface area contributed by atoms with Crippen molar-refractivity contribution in [2.45, 2.75) is 38.4 Å². The van der Waals surface area contributed by atoms with Crippen LogP contribution in [0, 0.1) is 5.92 Å². The van der Waals surface area contributed by atoms with Crippen molar-refractivity contribution in [1.82, 2.24) is 0 Å². The molecule has 3 atom stereocenters. The van der Waals surface area contributed by atoms with Crippen LogP contribution >= 0.6 is 0 Å². The number of fused-ring (bicyclic) bond motifs is 2. The van der Waals surface area contributed by atoms with E-state index in [1.165, 1.54) is 6.42 Å². The van der Waals surface area contributed by atoms with Gasteiger partial charge in [-0.05, 0) is 12.8 Å². The molecule has 0 saturated carbocycles. The summed E-state index contributed by atoms with van der Waals surface area (Å²) in [5.41, 5.74) is 0.0966. The third-order valence-corrected chi connectivity index (χ3v) is 3.24. The van der Waals surface area contributed by atoms with Crippen LogP contribution in [0.1, 0.15) is 26.7 Å². The summed E-state index contributed by atoms with van der Waals surface area (Å²) < 4.78 is 11.4. The quantitative estimate of drug-likeness (QED) is 0.604. The Hall–Kier alpha value is -0.0800. The molecule has 0 spiro atoms. The Labute approximate surface area is 67.9 Å². The molecule has 2 fully saturated rings. The third-order valence-electron chi connectivity index (χ3n) is 3.24. The highest BCUT2D eigenvalue weighted by molar-refractivity contribution is 5.01. The van der Waals surface area contributed by atoms with Crippen LogP contribution in [0.5, 0.6) is 0 Å². The van der Waals surface area contributed by atoms with E-state index < -0.39 is 0 Å². The van der Waals surface area contributed by atoms with Gasteiger partial charge in [0.15, 0.2) is 0 Å². The lowest BCUT2D eigenvalue weighted by atomic mass is 9.85. The van der Waals surface area contributed by atoms with E-state index in [1.54, 1.807) is 0 Å². The van der Waals surface area contributed by atoms with Crippen LogP contribution < -0.4 is 0 Å². The Morgan fingerprint density at radius 2 is 2.27 bits per heavy atom. The standard InChI is InChI=1S/C9H16O2/c1-3-7-8-5-11-9(7,4-2)6-10-8/h7-8H,3-6H2,1-2H3/t7-,8-,9-/m0/s1. The monoisotopic (exact) mass is 156 g/mol. The van der Waals surface area contributed by atoms with Crippen LogP contribution in [0.25, 0.3) is 0 Å². The Balaban J connectivity index is 2.19. The topological polar surface area (TPSA) is 18.5 Å². The molecule has 0 N–H and O–H groups in total. The van der Waals surface area contributed by atoms with Crippen molar-refractivity contribution < 1.29 is 9.47 Å². The second-order valence-electron chi connectivity index (χ2n) is 3.59. The molecule has 0 radical (unpaired) electrons. The number of hydrogen-bond donors (Lipinski definition) is 0. The van der Waals surface area contributed by atoms with Crippen molar-refractivity contribution in [3.8, 4) is 0 Å². The van der Waals surface area contributed by atoms with Gasteiger partial charge in [-0.15, -0.1) is 0 Å². The molecule has 2 aliphatic rings. The smallest absolute Gasteiger partial charge is 0.0967 e. The Morgan fingerprint density at radius 3 is 2.64 bits per heavy atom. The van der Waals surface area contributed by atoms with Gasteiger partial charge in [0.05, 0.1) is 24.9 Å². The predicted octanol–water partition coefficient (Wildman–Crippen LogP) is 1.59. The SMILES string of the molecule is CC[C@H]1[C@@H]2CO[C@@]1(CC)CO2. The molecule has 64 valence electrons. The normalized spacial score (nSPS) is 48.5. The summed E-state index contributed by atoms with van der Waals surface area (Å²) in [5, 5.41) is 0. The van der Waals surface area contributed by atoms with Crippen molar-refractivity contribution in [1.29, 1.82) is 0 Å². The Morgan fingerprint density at radius 1 is 1.45 bits per heavy atom. The number of rotatable bonds is 2. The van der Waals surface area contributed by atoms with Gasteiger partial charge in [-0.25, -0.2) is 0 Å².